The first kappa shape index (κ1) is 21.3. The highest BCUT2D eigenvalue weighted by atomic mass is 32.2. The molecule has 2 aromatic rings. The van der Waals surface area contributed by atoms with Crippen molar-refractivity contribution in [1.29, 1.82) is 0 Å². The molecule has 1 fully saturated rings. The topological polar surface area (TPSA) is 75.7 Å². The van der Waals surface area contributed by atoms with Crippen LogP contribution in [0.2, 0.25) is 0 Å². The van der Waals surface area contributed by atoms with E-state index in [2.05, 4.69) is 5.32 Å². The van der Waals surface area contributed by atoms with E-state index in [9.17, 15) is 13.2 Å². The van der Waals surface area contributed by atoms with Gasteiger partial charge in [0.25, 0.3) is 0 Å². The number of anilines is 1. The van der Waals surface area contributed by atoms with E-state index in [1.54, 1.807) is 16.4 Å². The number of aryl methyl sites for hydroxylation is 1. The molecule has 1 amide bonds. The molecular formula is C22H28N2O4S. The monoisotopic (exact) mass is 416 g/mol. The van der Waals surface area contributed by atoms with Crippen molar-refractivity contribution in [2.24, 2.45) is 0 Å². The molecule has 0 radical (unpaired) electrons. The molecule has 0 saturated carbocycles. The van der Waals surface area contributed by atoms with Gasteiger partial charge in [-0.2, -0.15) is 4.31 Å². The summed E-state index contributed by atoms with van der Waals surface area (Å²) in [7, 11) is -2.10. The predicted molar refractivity (Wildman–Crippen MR) is 114 cm³/mol. The number of benzene rings is 2. The third-order valence-corrected chi connectivity index (χ3v) is 7.03. The molecule has 3 rings (SSSR count). The van der Waals surface area contributed by atoms with Gasteiger partial charge in [0.05, 0.1) is 17.7 Å². The number of nitrogens with zero attached hydrogens (tertiary/aromatic N) is 1. The summed E-state index contributed by atoms with van der Waals surface area (Å²) in [6, 6.07) is 14.4. The van der Waals surface area contributed by atoms with Gasteiger partial charge in [-0.25, -0.2) is 8.42 Å². The van der Waals surface area contributed by atoms with Crippen molar-refractivity contribution in [2.75, 3.05) is 25.5 Å². The van der Waals surface area contributed by atoms with Gasteiger partial charge in [0.15, 0.2) is 0 Å². The molecule has 1 aliphatic rings. The summed E-state index contributed by atoms with van der Waals surface area (Å²) in [5, 5.41) is 2.81. The number of ether oxygens (including phenoxy) is 1. The van der Waals surface area contributed by atoms with Gasteiger partial charge >= 0.3 is 0 Å². The second kappa shape index (κ2) is 9.89. The number of rotatable bonds is 7. The third kappa shape index (κ3) is 5.58. The second-order valence-corrected chi connectivity index (χ2v) is 9.15. The summed E-state index contributed by atoms with van der Waals surface area (Å²) < 4.78 is 33.0. The molecule has 0 aliphatic carbocycles. The van der Waals surface area contributed by atoms with Gasteiger partial charge in [-0.05, 0) is 43.0 Å². The second-order valence-electron chi connectivity index (χ2n) is 7.21. The van der Waals surface area contributed by atoms with E-state index in [-0.39, 0.29) is 10.8 Å². The van der Waals surface area contributed by atoms with E-state index in [0.29, 0.717) is 37.4 Å². The molecule has 0 bridgehead atoms. The summed E-state index contributed by atoms with van der Waals surface area (Å²) in [6.45, 7) is 1.07. The van der Waals surface area contributed by atoms with E-state index in [1.807, 2.05) is 30.3 Å². The zero-order valence-corrected chi connectivity index (χ0v) is 17.6. The Morgan fingerprint density at radius 2 is 1.72 bits per heavy atom. The van der Waals surface area contributed by atoms with E-state index in [1.165, 1.54) is 13.2 Å². The Kier molecular flexibility index (Phi) is 7.28. The molecule has 1 aliphatic heterocycles. The maximum atomic E-state index is 13.1. The van der Waals surface area contributed by atoms with Crippen LogP contribution in [-0.4, -0.2) is 38.8 Å². The van der Waals surface area contributed by atoms with Crippen LogP contribution in [0.4, 0.5) is 5.69 Å². The number of carbonyl (C=O) groups excluding carboxylic acids is 1. The van der Waals surface area contributed by atoms with Crippen LogP contribution in [-0.2, 0) is 21.2 Å². The van der Waals surface area contributed by atoms with E-state index >= 15 is 0 Å². The first-order chi connectivity index (χ1) is 14.0. The molecule has 0 unspecified atom stereocenters. The van der Waals surface area contributed by atoms with E-state index in [4.69, 9.17) is 4.74 Å². The SMILES string of the molecule is COc1ccc(S(=O)(=O)N2CCCCCC2)cc1NC(=O)CCc1ccccc1. The molecule has 2 aromatic carbocycles. The van der Waals surface area contributed by atoms with E-state index in [0.717, 1.165) is 31.2 Å². The van der Waals surface area contributed by atoms with Crippen molar-refractivity contribution in [3.63, 3.8) is 0 Å². The summed E-state index contributed by atoms with van der Waals surface area (Å²) >= 11 is 0. The average Bonchev–Trinajstić information content (AvgIpc) is 3.03. The van der Waals surface area contributed by atoms with Crippen molar-refractivity contribution in [2.45, 2.75) is 43.4 Å². The summed E-state index contributed by atoms with van der Waals surface area (Å²) in [4.78, 5) is 12.6. The Bertz CT molecular complexity index is 921. The number of methoxy groups -OCH3 is 1. The van der Waals surface area contributed by atoms with Gasteiger partial charge in [-0.3, -0.25) is 4.79 Å². The smallest absolute Gasteiger partial charge is 0.243 e. The van der Waals surface area contributed by atoms with Crippen molar-refractivity contribution in [3.8, 4) is 5.75 Å². The minimum atomic E-state index is -3.60. The molecular weight excluding hydrogens is 388 g/mol. The van der Waals surface area contributed by atoms with Crippen molar-refractivity contribution in [3.05, 3.63) is 54.1 Å². The third-order valence-electron chi connectivity index (χ3n) is 5.13. The number of amides is 1. The number of hydrogen-bond donors (Lipinski definition) is 1. The van der Waals surface area contributed by atoms with Crippen LogP contribution < -0.4 is 10.1 Å². The fourth-order valence-electron chi connectivity index (χ4n) is 3.49. The van der Waals surface area contributed by atoms with Crippen LogP contribution in [0.25, 0.3) is 0 Å². The van der Waals surface area contributed by atoms with Crippen molar-refractivity contribution in [1.82, 2.24) is 4.31 Å². The maximum absolute atomic E-state index is 13.1. The molecule has 29 heavy (non-hydrogen) atoms. The lowest BCUT2D eigenvalue weighted by atomic mass is 10.1. The number of hydrogen-bond acceptors (Lipinski definition) is 4. The van der Waals surface area contributed by atoms with Gasteiger partial charge < -0.3 is 10.1 Å². The standard InChI is InChI=1S/C22H28N2O4S/c1-28-21-13-12-19(29(26,27)24-15-7-2-3-8-16-24)17-20(21)23-22(25)14-11-18-9-5-4-6-10-18/h4-6,9-10,12-13,17H,2-3,7-8,11,14-16H2,1H3,(H,23,25). The van der Waals surface area contributed by atoms with Gasteiger partial charge in [-0.15, -0.1) is 0 Å². The first-order valence-electron chi connectivity index (χ1n) is 10.0. The van der Waals surface area contributed by atoms with E-state index < -0.39 is 10.0 Å². The fourth-order valence-corrected chi connectivity index (χ4v) is 5.04. The largest absolute Gasteiger partial charge is 0.495 e. The molecule has 1 N–H and O–H groups in total. The lowest BCUT2D eigenvalue weighted by Gasteiger charge is -2.21. The Hall–Kier alpha value is -2.38. The fraction of sp³-hybridized carbons (Fsp3) is 0.409. The summed E-state index contributed by atoms with van der Waals surface area (Å²) in [6.07, 6.45) is 4.77. The van der Waals surface area contributed by atoms with Crippen molar-refractivity contribution < 1.29 is 17.9 Å². The van der Waals surface area contributed by atoms with Gasteiger partial charge in [-0.1, -0.05) is 43.2 Å². The molecule has 1 heterocycles. The van der Waals surface area contributed by atoms with Crippen LogP contribution in [0.5, 0.6) is 5.75 Å². The summed E-state index contributed by atoms with van der Waals surface area (Å²) in [5.41, 5.74) is 1.45. The zero-order valence-electron chi connectivity index (χ0n) is 16.8. The zero-order chi connectivity index (χ0) is 20.7. The quantitative estimate of drug-likeness (QED) is 0.744. The number of nitrogens with one attached hydrogen (secondary N) is 1. The lowest BCUT2D eigenvalue weighted by molar-refractivity contribution is -0.116. The van der Waals surface area contributed by atoms with Crippen LogP contribution >= 0.6 is 0 Å². The van der Waals surface area contributed by atoms with Gasteiger partial charge in [0, 0.05) is 19.5 Å². The van der Waals surface area contributed by atoms with Crippen molar-refractivity contribution >= 4 is 21.6 Å². The van der Waals surface area contributed by atoms with Crippen LogP contribution in [0.15, 0.2) is 53.4 Å². The van der Waals surface area contributed by atoms with Crippen LogP contribution in [0, 0.1) is 0 Å². The summed E-state index contributed by atoms with van der Waals surface area (Å²) in [5.74, 6) is 0.254. The molecule has 0 atom stereocenters. The highest BCUT2D eigenvalue weighted by molar-refractivity contribution is 7.89. The Balaban J connectivity index is 1.75. The highest BCUT2D eigenvalue weighted by Gasteiger charge is 2.26. The minimum absolute atomic E-state index is 0.179. The molecule has 0 aromatic heterocycles. The van der Waals surface area contributed by atoms with Crippen LogP contribution in [0.1, 0.15) is 37.7 Å². The molecule has 0 spiro atoms. The van der Waals surface area contributed by atoms with Gasteiger partial charge in [0.2, 0.25) is 15.9 Å². The van der Waals surface area contributed by atoms with Gasteiger partial charge in [0.1, 0.15) is 5.75 Å². The Morgan fingerprint density at radius 1 is 1.03 bits per heavy atom. The Morgan fingerprint density at radius 3 is 2.38 bits per heavy atom. The first-order valence-corrected chi connectivity index (χ1v) is 11.5. The predicted octanol–water partition coefficient (Wildman–Crippen LogP) is 3.83. The maximum Gasteiger partial charge on any atom is 0.243 e. The lowest BCUT2D eigenvalue weighted by Crippen LogP contribution is -2.32. The van der Waals surface area contributed by atoms with Crippen LogP contribution in [0.3, 0.4) is 0 Å². The number of sulfonamides is 1. The number of carbonyl (C=O) groups is 1. The Labute approximate surface area is 172 Å². The molecule has 156 valence electrons. The minimum Gasteiger partial charge on any atom is -0.495 e. The average molecular weight is 417 g/mol. The molecule has 1 saturated heterocycles. The molecule has 6 nitrogen and oxygen atoms in total. The normalized spacial score (nSPS) is 15.5. The highest BCUT2D eigenvalue weighted by Crippen LogP contribution is 2.30. The molecule has 7 heteroatoms.